The molecule has 4 rings (SSSR count). The van der Waals surface area contributed by atoms with Crippen LogP contribution in [-0.4, -0.2) is 42.4 Å². The molecular weight excluding hydrogens is 418 g/mol. The van der Waals surface area contributed by atoms with E-state index in [4.69, 9.17) is 9.47 Å². The van der Waals surface area contributed by atoms with Crippen LogP contribution in [0.3, 0.4) is 0 Å². The Hall–Kier alpha value is -4.00. The molecule has 0 saturated heterocycles. The number of hydrogen-bond acceptors (Lipinski definition) is 6. The van der Waals surface area contributed by atoms with Crippen LogP contribution in [0.5, 0.6) is 11.5 Å². The highest BCUT2D eigenvalue weighted by atomic mass is 16.5. The van der Waals surface area contributed by atoms with Gasteiger partial charge in [0.15, 0.2) is 0 Å². The number of nitrogens with zero attached hydrogens (tertiary/aromatic N) is 2. The molecule has 7 heteroatoms. The van der Waals surface area contributed by atoms with Crippen molar-refractivity contribution in [2.75, 3.05) is 20.7 Å². The molecule has 2 aromatic rings. The van der Waals surface area contributed by atoms with Gasteiger partial charge in [0.25, 0.3) is 5.91 Å². The summed E-state index contributed by atoms with van der Waals surface area (Å²) in [7, 11) is 3.51. The van der Waals surface area contributed by atoms with Crippen molar-refractivity contribution in [3.63, 3.8) is 0 Å². The quantitative estimate of drug-likeness (QED) is 0.699. The van der Waals surface area contributed by atoms with E-state index in [0.29, 0.717) is 40.0 Å². The molecule has 170 valence electrons. The Morgan fingerprint density at radius 3 is 2.45 bits per heavy atom. The number of carbonyl (C=O) groups excluding carboxylic acids is 2. The van der Waals surface area contributed by atoms with Crippen LogP contribution in [-0.2, 0) is 14.3 Å². The fraction of sp³-hybridized carbons (Fsp3) is 0.231. The average Bonchev–Trinajstić information content (AvgIpc) is 2.81. The van der Waals surface area contributed by atoms with Crippen molar-refractivity contribution in [2.45, 2.75) is 19.8 Å². The Balaban J connectivity index is 1.85. The van der Waals surface area contributed by atoms with Crippen LogP contribution in [0, 0.1) is 0 Å². The van der Waals surface area contributed by atoms with E-state index >= 15 is 0 Å². The second-order valence-corrected chi connectivity index (χ2v) is 7.91. The number of amides is 1. The van der Waals surface area contributed by atoms with Gasteiger partial charge in [0.05, 0.1) is 23.7 Å². The number of allylic oxidation sites excluding steroid dienone is 1. The van der Waals surface area contributed by atoms with Gasteiger partial charge in [-0.05, 0) is 43.7 Å². The van der Waals surface area contributed by atoms with Crippen LogP contribution >= 0.6 is 0 Å². The summed E-state index contributed by atoms with van der Waals surface area (Å²) >= 11 is 0. The lowest BCUT2D eigenvalue weighted by Gasteiger charge is -2.42. The summed E-state index contributed by atoms with van der Waals surface area (Å²) in [6.07, 6.45) is 0. The first-order valence-corrected chi connectivity index (χ1v) is 10.8. The third-order valence-electron chi connectivity index (χ3n) is 5.85. The lowest BCUT2D eigenvalue weighted by Crippen LogP contribution is -2.48. The van der Waals surface area contributed by atoms with Gasteiger partial charge < -0.3 is 19.7 Å². The number of nitrogens with one attached hydrogen (secondary N) is 1. The summed E-state index contributed by atoms with van der Waals surface area (Å²) in [6.45, 7) is 7.82. The van der Waals surface area contributed by atoms with Crippen molar-refractivity contribution in [1.82, 2.24) is 15.1 Å². The van der Waals surface area contributed by atoms with Crippen LogP contribution in [0.15, 0.2) is 89.7 Å². The Kier molecular flexibility index (Phi) is 5.96. The number of ether oxygens (including phenoxy) is 2. The first-order chi connectivity index (χ1) is 15.8. The molecule has 1 N–H and O–H groups in total. The number of hydrogen-bond donors (Lipinski definition) is 1. The SMILES string of the molecule is C=C1N(C)C(=O)C2=C(NC(C)=C(C(=O)OCC)C2c2cccc(Oc3ccccc3)c2)N1C. The highest BCUT2D eigenvalue weighted by molar-refractivity contribution is 6.03. The molecule has 0 spiro atoms. The normalized spacial score (nSPS) is 18.2. The van der Waals surface area contributed by atoms with E-state index in [1.807, 2.05) is 73.5 Å². The zero-order valence-electron chi connectivity index (χ0n) is 19.2. The van der Waals surface area contributed by atoms with Crippen molar-refractivity contribution in [2.24, 2.45) is 0 Å². The van der Waals surface area contributed by atoms with Crippen molar-refractivity contribution in [3.05, 3.63) is 95.2 Å². The molecule has 1 unspecified atom stereocenters. The first-order valence-electron chi connectivity index (χ1n) is 10.8. The Morgan fingerprint density at radius 1 is 1.06 bits per heavy atom. The summed E-state index contributed by atoms with van der Waals surface area (Å²) < 4.78 is 11.4. The van der Waals surface area contributed by atoms with Crippen LogP contribution in [0.4, 0.5) is 0 Å². The molecule has 1 atom stereocenters. The molecule has 2 aromatic carbocycles. The van der Waals surface area contributed by atoms with Crippen molar-refractivity contribution >= 4 is 11.9 Å². The lowest BCUT2D eigenvalue weighted by atomic mass is 9.80. The van der Waals surface area contributed by atoms with Crippen molar-refractivity contribution < 1.29 is 19.1 Å². The van der Waals surface area contributed by atoms with Gasteiger partial charge in [0.2, 0.25) is 0 Å². The molecule has 0 bridgehead atoms. The van der Waals surface area contributed by atoms with E-state index < -0.39 is 11.9 Å². The summed E-state index contributed by atoms with van der Waals surface area (Å²) in [4.78, 5) is 29.8. The second-order valence-electron chi connectivity index (χ2n) is 7.91. The fourth-order valence-corrected chi connectivity index (χ4v) is 4.15. The molecule has 0 fully saturated rings. The van der Waals surface area contributed by atoms with Gasteiger partial charge in [-0.1, -0.05) is 36.9 Å². The maximum atomic E-state index is 13.4. The Bertz CT molecular complexity index is 1180. The van der Waals surface area contributed by atoms with Crippen molar-refractivity contribution in [3.8, 4) is 11.5 Å². The second kappa shape index (κ2) is 8.86. The van der Waals surface area contributed by atoms with Gasteiger partial charge in [0, 0.05) is 19.8 Å². The van der Waals surface area contributed by atoms with Gasteiger partial charge in [-0.2, -0.15) is 0 Å². The molecule has 2 heterocycles. The maximum absolute atomic E-state index is 13.4. The van der Waals surface area contributed by atoms with Crippen LogP contribution in [0.1, 0.15) is 25.3 Å². The maximum Gasteiger partial charge on any atom is 0.336 e. The number of likely N-dealkylation sites (N-methyl/N-ethyl adjacent to an activating group) is 1. The largest absolute Gasteiger partial charge is 0.463 e. The highest BCUT2D eigenvalue weighted by Crippen LogP contribution is 2.43. The molecule has 2 aliphatic rings. The molecule has 0 saturated carbocycles. The monoisotopic (exact) mass is 445 g/mol. The minimum absolute atomic E-state index is 0.228. The third-order valence-corrected chi connectivity index (χ3v) is 5.85. The number of rotatable bonds is 5. The lowest BCUT2D eigenvalue weighted by molar-refractivity contribution is -0.138. The van der Waals surface area contributed by atoms with E-state index in [2.05, 4.69) is 11.9 Å². The minimum atomic E-state index is -0.634. The predicted octanol–water partition coefficient (Wildman–Crippen LogP) is 4.09. The standard InChI is InChI=1S/C26H27N3O4/c1-6-32-26(31)21-16(2)27-24-23(25(30)29(5)17(3)28(24)4)22(21)18-11-10-14-20(15-18)33-19-12-8-7-9-13-19/h7-15,22,27H,3,6H2,1-2,4-5H3. The number of benzene rings is 2. The van der Waals surface area contributed by atoms with Gasteiger partial charge in [0.1, 0.15) is 23.1 Å². The summed E-state index contributed by atoms with van der Waals surface area (Å²) in [5, 5.41) is 3.24. The van der Waals surface area contributed by atoms with E-state index in [-0.39, 0.29) is 12.5 Å². The van der Waals surface area contributed by atoms with E-state index in [1.54, 1.807) is 14.0 Å². The zero-order valence-corrected chi connectivity index (χ0v) is 19.2. The number of esters is 1. The molecule has 2 aliphatic heterocycles. The predicted molar refractivity (Wildman–Crippen MR) is 125 cm³/mol. The fourth-order valence-electron chi connectivity index (χ4n) is 4.15. The van der Waals surface area contributed by atoms with Crippen LogP contribution in [0.2, 0.25) is 0 Å². The number of carbonyl (C=O) groups is 2. The zero-order chi connectivity index (χ0) is 23.7. The van der Waals surface area contributed by atoms with Gasteiger partial charge in [-0.3, -0.25) is 9.69 Å². The molecular formula is C26H27N3O4. The Labute approximate surface area is 193 Å². The molecule has 1 amide bonds. The number of dihydropyridines is 1. The molecule has 0 radical (unpaired) electrons. The van der Waals surface area contributed by atoms with Gasteiger partial charge in [-0.15, -0.1) is 0 Å². The highest BCUT2D eigenvalue weighted by Gasteiger charge is 2.43. The van der Waals surface area contributed by atoms with Crippen LogP contribution in [0.25, 0.3) is 0 Å². The molecule has 7 nitrogen and oxygen atoms in total. The molecule has 0 aromatic heterocycles. The first kappa shape index (κ1) is 22.2. The Morgan fingerprint density at radius 2 is 1.76 bits per heavy atom. The average molecular weight is 446 g/mol. The van der Waals surface area contributed by atoms with Crippen molar-refractivity contribution in [1.29, 1.82) is 0 Å². The van der Waals surface area contributed by atoms with E-state index in [0.717, 1.165) is 5.56 Å². The van der Waals surface area contributed by atoms with Gasteiger partial charge in [-0.25, -0.2) is 4.79 Å². The van der Waals surface area contributed by atoms with E-state index in [1.165, 1.54) is 4.90 Å². The van der Waals surface area contributed by atoms with E-state index in [9.17, 15) is 9.59 Å². The number of para-hydroxylation sites is 1. The summed E-state index contributed by atoms with van der Waals surface area (Å²) in [6, 6.07) is 16.9. The third kappa shape index (κ3) is 3.98. The summed E-state index contributed by atoms with van der Waals surface area (Å²) in [5.41, 5.74) is 2.24. The van der Waals surface area contributed by atoms with Crippen LogP contribution < -0.4 is 10.1 Å². The molecule has 33 heavy (non-hydrogen) atoms. The molecule has 0 aliphatic carbocycles. The van der Waals surface area contributed by atoms with Gasteiger partial charge >= 0.3 is 5.97 Å². The summed E-state index contributed by atoms with van der Waals surface area (Å²) in [5.74, 6) is 1.12. The smallest absolute Gasteiger partial charge is 0.336 e. The topological polar surface area (TPSA) is 71.1 Å². The minimum Gasteiger partial charge on any atom is -0.463 e.